The third-order valence-corrected chi connectivity index (χ3v) is 9.60. The molecule has 4 aromatic rings. The van der Waals surface area contributed by atoms with Crippen LogP contribution in [-0.4, -0.2) is 44.4 Å². The van der Waals surface area contributed by atoms with Gasteiger partial charge < -0.3 is 30.2 Å². The molecule has 0 aliphatic heterocycles. The van der Waals surface area contributed by atoms with Crippen molar-refractivity contribution in [2.75, 3.05) is 11.9 Å². The standard InChI is InChI=1S/C39H45N3O5/c43-29-9-5-8-26(21-29)7-1-4-12-33-32-18-20-40-34(32)23-28(25-42-38-13-6-19-41-38)39(33)36(46)24-30(44)16-14-27-15-17-35(45)37(22-27)47-31-10-2-3-11-31/h5-6,8-9,13,15,17-23,31,33,39-43,45H,1-4,7,10-12,14,16,24-25H2/t33-,39-/m1/s1. The summed E-state index contributed by atoms with van der Waals surface area (Å²) in [6.45, 7) is 0.487. The van der Waals surface area contributed by atoms with E-state index < -0.39 is 5.92 Å². The third-order valence-electron chi connectivity index (χ3n) is 9.60. The quantitative estimate of drug-likeness (QED) is 0.0630. The number of nitrogens with one attached hydrogen (secondary N) is 3. The zero-order valence-electron chi connectivity index (χ0n) is 26.8. The van der Waals surface area contributed by atoms with E-state index in [2.05, 4.69) is 27.4 Å². The normalized spacial score (nSPS) is 17.7. The van der Waals surface area contributed by atoms with Gasteiger partial charge in [-0.1, -0.05) is 24.6 Å². The topological polar surface area (TPSA) is 127 Å². The lowest BCUT2D eigenvalue weighted by Gasteiger charge is -2.32. The monoisotopic (exact) mass is 635 g/mol. The lowest BCUT2D eigenvalue weighted by atomic mass is 9.71. The summed E-state index contributed by atoms with van der Waals surface area (Å²) in [6, 6.07) is 18.6. The molecule has 2 atom stereocenters. The van der Waals surface area contributed by atoms with Crippen molar-refractivity contribution >= 4 is 23.5 Å². The van der Waals surface area contributed by atoms with Gasteiger partial charge in [-0.15, -0.1) is 0 Å². The van der Waals surface area contributed by atoms with Gasteiger partial charge in [0.2, 0.25) is 0 Å². The van der Waals surface area contributed by atoms with Crippen LogP contribution in [0.2, 0.25) is 0 Å². The number of aromatic nitrogens is 2. The molecule has 0 unspecified atom stereocenters. The van der Waals surface area contributed by atoms with Crippen molar-refractivity contribution in [2.45, 2.75) is 82.7 Å². The van der Waals surface area contributed by atoms with Gasteiger partial charge >= 0.3 is 0 Å². The van der Waals surface area contributed by atoms with Gasteiger partial charge in [0.05, 0.1) is 12.5 Å². The van der Waals surface area contributed by atoms with Crippen LogP contribution in [-0.2, 0) is 22.4 Å². The summed E-state index contributed by atoms with van der Waals surface area (Å²) < 4.78 is 6.05. The lowest BCUT2D eigenvalue weighted by Crippen LogP contribution is -2.31. The number of Topliss-reactive ketones (excluding diaryl/α,β-unsaturated/α-hetero) is 2. The van der Waals surface area contributed by atoms with E-state index in [1.54, 1.807) is 18.2 Å². The van der Waals surface area contributed by atoms with Crippen molar-refractivity contribution in [3.63, 3.8) is 0 Å². The minimum absolute atomic E-state index is 0.0430. The summed E-state index contributed by atoms with van der Waals surface area (Å²) in [5.74, 6) is 1.15. The largest absolute Gasteiger partial charge is 0.508 e. The minimum atomic E-state index is -0.412. The van der Waals surface area contributed by atoms with Crippen LogP contribution < -0.4 is 10.1 Å². The number of carbonyl (C=O) groups excluding carboxylic acids is 2. The van der Waals surface area contributed by atoms with Gasteiger partial charge in [0, 0.05) is 37.0 Å². The summed E-state index contributed by atoms with van der Waals surface area (Å²) in [4.78, 5) is 34.0. The number of aromatic amines is 2. The number of aromatic hydroxyl groups is 2. The number of hydrogen-bond acceptors (Lipinski definition) is 6. The number of aryl methyl sites for hydroxylation is 2. The Morgan fingerprint density at radius 2 is 1.74 bits per heavy atom. The zero-order chi connectivity index (χ0) is 32.6. The molecule has 246 valence electrons. The SMILES string of the molecule is O=C(CCc1ccc(O)c(OC2CCCC2)c1)CC(=O)[C@@H]1C(CNc2ccc[nH]2)=Cc2[nH]ccc2[C@H]1CCCCc1cccc(O)c1. The van der Waals surface area contributed by atoms with Crippen LogP contribution in [0.3, 0.4) is 0 Å². The molecular weight excluding hydrogens is 590 g/mol. The van der Waals surface area contributed by atoms with Crippen LogP contribution >= 0.6 is 0 Å². The van der Waals surface area contributed by atoms with E-state index in [0.717, 1.165) is 85.1 Å². The molecule has 0 saturated heterocycles. The Balaban J connectivity index is 1.13. The van der Waals surface area contributed by atoms with Crippen molar-refractivity contribution in [1.82, 2.24) is 9.97 Å². The van der Waals surface area contributed by atoms with Crippen LogP contribution in [0.5, 0.6) is 17.2 Å². The molecule has 2 heterocycles. The molecule has 8 heteroatoms. The molecule has 8 nitrogen and oxygen atoms in total. The number of unbranched alkanes of at least 4 members (excludes halogenated alkanes) is 1. The van der Waals surface area contributed by atoms with E-state index in [9.17, 15) is 19.8 Å². The second-order valence-corrected chi connectivity index (χ2v) is 13.0. The first kappa shape index (κ1) is 32.2. The van der Waals surface area contributed by atoms with Crippen molar-refractivity contribution in [2.24, 2.45) is 5.92 Å². The predicted molar refractivity (Wildman–Crippen MR) is 184 cm³/mol. The lowest BCUT2D eigenvalue weighted by molar-refractivity contribution is -0.129. The number of ether oxygens (including phenoxy) is 1. The van der Waals surface area contributed by atoms with Crippen LogP contribution in [0.1, 0.15) is 86.1 Å². The van der Waals surface area contributed by atoms with Crippen LogP contribution in [0.4, 0.5) is 5.82 Å². The number of anilines is 1. The number of phenols is 2. The van der Waals surface area contributed by atoms with Crippen LogP contribution in [0, 0.1) is 5.92 Å². The Labute approximate surface area is 276 Å². The zero-order valence-corrected chi connectivity index (χ0v) is 26.8. The van der Waals surface area contributed by atoms with E-state index in [0.29, 0.717) is 18.7 Å². The third kappa shape index (κ3) is 8.36. The molecule has 1 saturated carbocycles. The number of ketones is 2. The number of benzene rings is 2. The maximum Gasteiger partial charge on any atom is 0.161 e. The Kier molecular flexibility index (Phi) is 10.5. The fourth-order valence-corrected chi connectivity index (χ4v) is 7.18. The highest BCUT2D eigenvalue weighted by Gasteiger charge is 2.37. The average Bonchev–Trinajstić information content (AvgIpc) is 3.86. The minimum Gasteiger partial charge on any atom is -0.508 e. The number of fused-ring (bicyclic) bond motifs is 1. The highest BCUT2D eigenvalue weighted by Crippen LogP contribution is 2.42. The molecule has 0 radical (unpaired) electrons. The summed E-state index contributed by atoms with van der Waals surface area (Å²) >= 11 is 0. The Bertz CT molecular complexity index is 1680. The van der Waals surface area contributed by atoms with Gasteiger partial charge in [0.1, 0.15) is 23.1 Å². The second kappa shape index (κ2) is 15.2. The molecule has 2 aromatic heterocycles. The van der Waals surface area contributed by atoms with Gasteiger partial charge in [-0.2, -0.15) is 0 Å². The van der Waals surface area contributed by atoms with E-state index in [1.807, 2.05) is 48.8 Å². The number of carbonyl (C=O) groups is 2. The van der Waals surface area contributed by atoms with Crippen molar-refractivity contribution in [3.8, 4) is 17.2 Å². The molecule has 0 bridgehead atoms. The smallest absolute Gasteiger partial charge is 0.161 e. The average molecular weight is 636 g/mol. The second-order valence-electron chi connectivity index (χ2n) is 13.0. The summed E-state index contributed by atoms with van der Waals surface area (Å²) in [6.07, 6.45) is 14.3. The fourth-order valence-electron chi connectivity index (χ4n) is 7.18. The number of H-pyrrole nitrogens is 2. The Morgan fingerprint density at radius 1 is 0.894 bits per heavy atom. The molecule has 5 N–H and O–H groups in total. The number of rotatable bonds is 16. The van der Waals surface area contributed by atoms with Crippen molar-refractivity contribution in [1.29, 1.82) is 0 Å². The van der Waals surface area contributed by atoms with Gasteiger partial charge in [-0.05, 0) is 128 Å². The number of hydrogen-bond donors (Lipinski definition) is 5. The van der Waals surface area contributed by atoms with Crippen LogP contribution in [0.25, 0.3) is 6.08 Å². The van der Waals surface area contributed by atoms with Gasteiger partial charge in [-0.25, -0.2) is 0 Å². The first-order chi connectivity index (χ1) is 22.9. The first-order valence-electron chi connectivity index (χ1n) is 17.0. The molecule has 2 aliphatic carbocycles. The fraction of sp³-hybridized carbons (Fsp3) is 0.385. The molecule has 1 fully saturated rings. The molecule has 0 spiro atoms. The maximum atomic E-state index is 14.1. The van der Waals surface area contributed by atoms with Gasteiger partial charge in [0.25, 0.3) is 0 Å². The Hall–Kier alpha value is -4.72. The number of phenolic OH excluding ortho intramolecular Hbond substituents is 2. The highest BCUT2D eigenvalue weighted by atomic mass is 16.5. The van der Waals surface area contributed by atoms with Gasteiger partial charge in [-0.3, -0.25) is 9.59 Å². The molecule has 47 heavy (non-hydrogen) atoms. The van der Waals surface area contributed by atoms with Crippen molar-refractivity contribution in [3.05, 3.63) is 101 Å². The molecule has 2 aliphatic rings. The Morgan fingerprint density at radius 3 is 2.55 bits per heavy atom. The van der Waals surface area contributed by atoms with Crippen LogP contribution in [0.15, 0.2) is 78.6 Å². The predicted octanol–water partition coefficient (Wildman–Crippen LogP) is 7.86. The van der Waals surface area contributed by atoms with Gasteiger partial charge in [0.15, 0.2) is 11.5 Å². The highest BCUT2D eigenvalue weighted by molar-refractivity contribution is 6.02. The molecule has 6 rings (SSSR count). The molecular formula is C39H45N3O5. The van der Waals surface area contributed by atoms with E-state index in [-0.39, 0.29) is 47.9 Å². The van der Waals surface area contributed by atoms with E-state index >= 15 is 0 Å². The summed E-state index contributed by atoms with van der Waals surface area (Å²) in [7, 11) is 0. The van der Waals surface area contributed by atoms with E-state index in [1.165, 1.54) is 0 Å². The summed E-state index contributed by atoms with van der Waals surface area (Å²) in [5, 5.41) is 23.6. The summed E-state index contributed by atoms with van der Waals surface area (Å²) in [5.41, 5.74) is 5.11. The van der Waals surface area contributed by atoms with Crippen molar-refractivity contribution < 1.29 is 24.5 Å². The van der Waals surface area contributed by atoms with E-state index in [4.69, 9.17) is 4.74 Å². The molecule has 0 amide bonds. The molecule has 2 aromatic carbocycles. The first-order valence-corrected chi connectivity index (χ1v) is 17.0. The maximum absolute atomic E-state index is 14.1.